The standard InChI is InChI=1S/C20H23F3N2O3/c1-5-6-10-28-16-11-13(3)25(27)18(20(21,22)23)17(16)19(26)24-15-9-7-8-12(2)14(15)4/h7-9,11H,5-6,10H2,1-4H3,(H,24,26). The zero-order chi connectivity index (χ0) is 21.1. The molecule has 0 radical (unpaired) electrons. The van der Waals surface area contributed by atoms with Crippen LogP contribution in [0.25, 0.3) is 0 Å². The van der Waals surface area contributed by atoms with Crippen LogP contribution in [-0.2, 0) is 6.18 Å². The first-order valence-electron chi connectivity index (χ1n) is 8.92. The number of nitrogens with zero attached hydrogens (tertiary/aromatic N) is 1. The van der Waals surface area contributed by atoms with Crippen molar-refractivity contribution in [1.82, 2.24) is 0 Å². The van der Waals surface area contributed by atoms with E-state index in [1.807, 2.05) is 19.9 Å². The van der Waals surface area contributed by atoms with Crippen LogP contribution in [0.3, 0.4) is 0 Å². The molecule has 0 atom stereocenters. The Hall–Kier alpha value is -2.77. The molecule has 8 heteroatoms. The van der Waals surface area contributed by atoms with E-state index in [4.69, 9.17) is 4.74 Å². The number of carbonyl (C=O) groups excluding carboxylic acids is 1. The van der Waals surface area contributed by atoms with Crippen LogP contribution in [0.5, 0.6) is 5.75 Å². The van der Waals surface area contributed by atoms with Gasteiger partial charge in [0.25, 0.3) is 5.91 Å². The van der Waals surface area contributed by atoms with Crippen LogP contribution in [0.2, 0.25) is 0 Å². The molecule has 0 unspecified atom stereocenters. The summed E-state index contributed by atoms with van der Waals surface area (Å²) < 4.78 is 46.1. The number of unbranched alkanes of at least 4 members (excludes halogenated alkanes) is 1. The number of aryl methyl sites for hydroxylation is 2. The number of halogens is 3. The second-order valence-corrected chi connectivity index (χ2v) is 6.57. The molecule has 0 aliphatic heterocycles. The van der Waals surface area contributed by atoms with E-state index in [0.717, 1.165) is 23.6 Å². The van der Waals surface area contributed by atoms with Crippen LogP contribution in [0.1, 0.15) is 52.6 Å². The van der Waals surface area contributed by atoms with Gasteiger partial charge in [-0.15, -0.1) is 0 Å². The fraction of sp³-hybridized carbons (Fsp3) is 0.400. The number of alkyl halides is 3. The molecule has 28 heavy (non-hydrogen) atoms. The molecule has 1 N–H and O–H groups in total. The van der Waals surface area contributed by atoms with E-state index in [-0.39, 0.29) is 22.8 Å². The molecule has 0 fully saturated rings. The fourth-order valence-electron chi connectivity index (χ4n) is 2.70. The predicted molar refractivity (Wildman–Crippen MR) is 99.4 cm³/mol. The predicted octanol–water partition coefficient (Wildman–Crippen LogP) is 4.70. The number of benzene rings is 1. The van der Waals surface area contributed by atoms with Crippen molar-refractivity contribution in [3.63, 3.8) is 0 Å². The first kappa shape index (κ1) is 21.5. The Bertz CT molecular complexity index is 880. The lowest BCUT2D eigenvalue weighted by atomic mass is 10.1. The van der Waals surface area contributed by atoms with Gasteiger partial charge in [-0.25, -0.2) is 0 Å². The third-order valence-electron chi connectivity index (χ3n) is 4.45. The number of pyridine rings is 1. The van der Waals surface area contributed by atoms with Gasteiger partial charge in [-0.1, -0.05) is 25.5 Å². The number of anilines is 1. The Kier molecular flexibility index (Phi) is 6.53. The van der Waals surface area contributed by atoms with Gasteiger partial charge in [0.05, 0.1) is 6.61 Å². The number of rotatable bonds is 6. The first-order chi connectivity index (χ1) is 13.1. The lowest BCUT2D eigenvalue weighted by Crippen LogP contribution is -2.42. The highest BCUT2D eigenvalue weighted by atomic mass is 19.4. The number of ether oxygens (including phenoxy) is 1. The van der Waals surface area contributed by atoms with E-state index in [9.17, 15) is 23.2 Å². The molecule has 152 valence electrons. The van der Waals surface area contributed by atoms with E-state index in [0.29, 0.717) is 12.1 Å². The Labute approximate surface area is 161 Å². The van der Waals surface area contributed by atoms with Gasteiger partial charge in [0.1, 0.15) is 5.75 Å². The van der Waals surface area contributed by atoms with Crippen LogP contribution >= 0.6 is 0 Å². The number of aromatic nitrogens is 1. The summed E-state index contributed by atoms with van der Waals surface area (Å²) in [6, 6.07) is 6.26. The molecule has 1 heterocycles. The maximum atomic E-state index is 13.6. The number of nitrogens with one attached hydrogen (secondary N) is 1. The van der Waals surface area contributed by atoms with Gasteiger partial charge in [0.15, 0.2) is 11.3 Å². The fourth-order valence-corrected chi connectivity index (χ4v) is 2.70. The van der Waals surface area contributed by atoms with Crippen molar-refractivity contribution in [2.45, 2.75) is 46.7 Å². The molecule has 0 aliphatic rings. The molecule has 0 spiro atoms. The van der Waals surface area contributed by atoms with E-state index in [2.05, 4.69) is 5.32 Å². The molecular weight excluding hydrogens is 373 g/mol. The van der Waals surface area contributed by atoms with Gasteiger partial charge in [-0.3, -0.25) is 4.79 Å². The summed E-state index contributed by atoms with van der Waals surface area (Å²) >= 11 is 0. The Morgan fingerprint density at radius 1 is 1.25 bits per heavy atom. The van der Waals surface area contributed by atoms with Crippen molar-refractivity contribution in [1.29, 1.82) is 0 Å². The Balaban J connectivity index is 2.59. The highest BCUT2D eigenvalue weighted by Gasteiger charge is 2.47. The van der Waals surface area contributed by atoms with E-state index >= 15 is 0 Å². The molecule has 1 amide bonds. The summed E-state index contributed by atoms with van der Waals surface area (Å²) in [5, 5.41) is 14.6. The molecule has 1 aromatic carbocycles. The smallest absolute Gasteiger partial charge is 0.479 e. The lowest BCUT2D eigenvalue weighted by molar-refractivity contribution is -0.635. The molecule has 5 nitrogen and oxygen atoms in total. The van der Waals surface area contributed by atoms with Gasteiger partial charge >= 0.3 is 11.9 Å². The molecule has 0 bridgehead atoms. The molecule has 0 aliphatic carbocycles. The summed E-state index contributed by atoms with van der Waals surface area (Å²) in [6.45, 7) is 6.85. The summed E-state index contributed by atoms with van der Waals surface area (Å²) in [7, 11) is 0. The van der Waals surface area contributed by atoms with Crippen LogP contribution in [0.4, 0.5) is 18.9 Å². The monoisotopic (exact) mass is 396 g/mol. The summed E-state index contributed by atoms with van der Waals surface area (Å²) in [6.07, 6.45) is -3.65. The molecule has 2 rings (SSSR count). The van der Waals surface area contributed by atoms with Crippen molar-refractivity contribution in [2.24, 2.45) is 0 Å². The average Bonchev–Trinajstić information content (AvgIpc) is 2.60. The van der Waals surface area contributed by atoms with Crippen LogP contribution in [-0.4, -0.2) is 12.5 Å². The Morgan fingerprint density at radius 3 is 2.54 bits per heavy atom. The zero-order valence-electron chi connectivity index (χ0n) is 16.2. The molecule has 0 saturated heterocycles. The number of amides is 1. The minimum absolute atomic E-state index is 0.139. The molecule has 2 aromatic rings. The van der Waals surface area contributed by atoms with Gasteiger partial charge in [0.2, 0.25) is 0 Å². The van der Waals surface area contributed by atoms with Gasteiger partial charge in [0, 0.05) is 18.7 Å². The molecule has 0 saturated carbocycles. The van der Waals surface area contributed by atoms with Crippen molar-refractivity contribution in [3.05, 3.63) is 57.6 Å². The lowest BCUT2D eigenvalue weighted by Gasteiger charge is -2.18. The minimum atomic E-state index is -5.02. The normalized spacial score (nSPS) is 11.4. The number of hydrogen-bond donors (Lipinski definition) is 1. The highest BCUT2D eigenvalue weighted by molar-refractivity contribution is 6.07. The van der Waals surface area contributed by atoms with Crippen molar-refractivity contribution in [2.75, 3.05) is 11.9 Å². The summed E-state index contributed by atoms with van der Waals surface area (Å²) in [4.78, 5) is 12.8. The van der Waals surface area contributed by atoms with Crippen LogP contribution < -0.4 is 14.8 Å². The topological polar surface area (TPSA) is 65.3 Å². The first-order valence-corrected chi connectivity index (χ1v) is 8.92. The number of carbonyl (C=O) groups is 1. The second kappa shape index (κ2) is 8.50. The minimum Gasteiger partial charge on any atom is -0.618 e. The van der Waals surface area contributed by atoms with E-state index in [1.165, 1.54) is 6.92 Å². The van der Waals surface area contributed by atoms with Crippen LogP contribution in [0, 0.1) is 26.0 Å². The number of hydrogen-bond acceptors (Lipinski definition) is 3. The highest BCUT2D eigenvalue weighted by Crippen LogP contribution is 2.35. The quantitative estimate of drug-likeness (QED) is 0.437. The summed E-state index contributed by atoms with van der Waals surface area (Å²) in [5.74, 6) is -1.30. The van der Waals surface area contributed by atoms with Crippen molar-refractivity contribution < 1.29 is 27.4 Å². The largest absolute Gasteiger partial charge is 0.618 e. The van der Waals surface area contributed by atoms with Gasteiger partial charge < -0.3 is 15.3 Å². The van der Waals surface area contributed by atoms with Crippen LogP contribution in [0.15, 0.2) is 24.3 Å². The third kappa shape index (κ3) is 4.55. The average molecular weight is 396 g/mol. The molecule has 1 aromatic heterocycles. The Morgan fingerprint density at radius 2 is 1.93 bits per heavy atom. The van der Waals surface area contributed by atoms with Gasteiger partial charge in [-0.2, -0.15) is 17.9 Å². The van der Waals surface area contributed by atoms with Crippen molar-refractivity contribution in [3.8, 4) is 5.75 Å². The maximum absolute atomic E-state index is 13.6. The molecular formula is C20H23F3N2O3. The van der Waals surface area contributed by atoms with E-state index < -0.39 is 23.3 Å². The summed E-state index contributed by atoms with van der Waals surface area (Å²) in [5.41, 5.74) is -0.638. The van der Waals surface area contributed by atoms with Gasteiger partial charge in [-0.05, 0) is 37.5 Å². The van der Waals surface area contributed by atoms with Crippen molar-refractivity contribution >= 4 is 11.6 Å². The maximum Gasteiger partial charge on any atom is 0.479 e. The van der Waals surface area contributed by atoms with E-state index in [1.54, 1.807) is 19.1 Å². The second-order valence-electron chi connectivity index (χ2n) is 6.57. The third-order valence-corrected chi connectivity index (χ3v) is 4.45. The SMILES string of the molecule is CCCCOc1cc(C)[n+]([O-])c(C(F)(F)F)c1C(=O)Nc1cccc(C)c1C. The zero-order valence-corrected chi connectivity index (χ0v) is 16.2.